The van der Waals surface area contributed by atoms with E-state index in [4.69, 9.17) is 11.5 Å². The smallest absolute Gasteiger partial charge is 0.0289 e. The van der Waals surface area contributed by atoms with Crippen LogP contribution in [0.5, 0.6) is 0 Å². The summed E-state index contributed by atoms with van der Waals surface area (Å²) < 4.78 is 0. The molecule has 2 heteroatoms. The fraction of sp³-hybridized carbons (Fsp3) is 0.714. The molecule has 0 unspecified atom stereocenters. The largest absolute Gasteiger partial charge is 0.329 e. The second-order valence-corrected chi connectivity index (χ2v) is 18.1. The Hall–Kier alpha value is -1.64. The van der Waals surface area contributed by atoms with Crippen molar-refractivity contribution >= 4 is 0 Å². The Bertz CT molecular complexity index is 1270. The van der Waals surface area contributed by atoms with E-state index in [1.807, 2.05) is 0 Å². The van der Waals surface area contributed by atoms with E-state index < -0.39 is 0 Å². The van der Waals surface area contributed by atoms with Crippen LogP contribution in [0.25, 0.3) is 0 Å². The van der Waals surface area contributed by atoms with Crippen molar-refractivity contribution in [2.24, 2.45) is 34.1 Å². The van der Waals surface area contributed by atoms with Crippen LogP contribution in [0.3, 0.4) is 0 Å². The van der Waals surface area contributed by atoms with E-state index in [2.05, 4.69) is 91.8 Å². The van der Waals surface area contributed by atoms with Crippen molar-refractivity contribution < 1.29 is 0 Å². The molecule has 0 radical (unpaired) electrons. The van der Waals surface area contributed by atoms with Crippen molar-refractivity contribution in [3.63, 3.8) is 0 Å². The number of hydrogen-bond acceptors (Lipinski definition) is 2. The van der Waals surface area contributed by atoms with Gasteiger partial charge in [-0.15, -0.1) is 0 Å². The molecule has 2 fully saturated rings. The molecule has 0 saturated heterocycles. The molecule has 242 valence electrons. The predicted octanol–water partition coefficient (Wildman–Crippen LogP) is 10.1. The molecule has 4 N–H and O–H groups in total. The average Bonchev–Trinajstić information content (AvgIpc) is 2.96. The minimum Gasteiger partial charge on any atom is -0.329 e. The summed E-state index contributed by atoms with van der Waals surface area (Å²) in [6, 6.07) is 14.9. The molecule has 6 atom stereocenters. The Balaban J connectivity index is 1.27. The zero-order valence-electron chi connectivity index (χ0n) is 29.6. The normalized spacial score (nSPS) is 35.2. The highest BCUT2D eigenvalue weighted by Crippen LogP contribution is 2.62. The van der Waals surface area contributed by atoms with Gasteiger partial charge in [-0.2, -0.15) is 0 Å². The molecule has 0 amide bonds. The average molecular weight is 597 g/mol. The van der Waals surface area contributed by atoms with Gasteiger partial charge in [0.05, 0.1) is 0 Å². The Kier molecular flexibility index (Phi) is 8.27. The zero-order chi connectivity index (χ0) is 31.7. The molecule has 0 aromatic heterocycles. The topological polar surface area (TPSA) is 52.0 Å². The molecular weight excluding hydrogens is 532 g/mol. The molecule has 0 bridgehead atoms. The second-order valence-electron chi connectivity index (χ2n) is 18.1. The molecule has 0 heterocycles. The maximum atomic E-state index is 7.63. The highest BCUT2D eigenvalue weighted by atomic mass is 14.8. The van der Waals surface area contributed by atoms with Gasteiger partial charge in [-0.25, -0.2) is 0 Å². The van der Waals surface area contributed by atoms with Crippen molar-refractivity contribution in [2.45, 2.75) is 161 Å². The third-order valence-electron chi connectivity index (χ3n) is 14.3. The quantitative estimate of drug-likeness (QED) is 0.334. The van der Waals surface area contributed by atoms with Gasteiger partial charge in [0.25, 0.3) is 0 Å². The van der Waals surface area contributed by atoms with E-state index >= 15 is 0 Å². The number of rotatable bonds is 7. The lowest BCUT2D eigenvalue weighted by atomic mass is 9.45. The van der Waals surface area contributed by atoms with E-state index in [0.29, 0.717) is 30.2 Å². The van der Waals surface area contributed by atoms with E-state index in [1.165, 1.54) is 75.3 Å². The molecule has 2 nitrogen and oxygen atoms in total. The van der Waals surface area contributed by atoms with Crippen molar-refractivity contribution in [3.05, 3.63) is 69.8 Å². The van der Waals surface area contributed by atoms with Crippen LogP contribution in [0, 0.1) is 22.7 Å². The van der Waals surface area contributed by atoms with E-state index in [9.17, 15) is 0 Å². The van der Waals surface area contributed by atoms with E-state index in [0.717, 1.165) is 12.8 Å². The summed E-state index contributed by atoms with van der Waals surface area (Å²) in [7, 11) is 0. The summed E-state index contributed by atoms with van der Waals surface area (Å²) in [5, 5.41) is 0. The van der Waals surface area contributed by atoms with Crippen LogP contribution >= 0.6 is 0 Å². The summed E-state index contributed by atoms with van der Waals surface area (Å²) in [5.74, 6) is 2.50. The van der Waals surface area contributed by atoms with Crippen molar-refractivity contribution in [1.29, 1.82) is 0 Å². The lowest BCUT2D eigenvalue weighted by Gasteiger charge is -2.60. The highest BCUT2D eigenvalue weighted by Gasteiger charge is 2.57. The second kappa shape index (κ2) is 11.3. The maximum Gasteiger partial charge on any atom is 0.0289 e. The fourth-order valence-corrected chi connectivity index (χ4v) is 12.2. The van der Waals surface area contributed by atoms with Crippen LogP contribution in [0.15, 0.2) is 36.4 Å². The van der Waals surface area contributed by atoms with Gasteiger partial charge in [0, 0.05) is 12.1 Å². The minimum atomic E-state index is -0.330. The van der Waals surface area contributed by atoms with Gasteiger partial charge in [-0.3, -0.25) is 0 Å². The predicted molar refractivity (Wildman–Crippen MR) is 189 cm³/mol. The summed E-state index contributed by atoms with van der Waals surface area (Å²) >= 11 is 0. The first kappa shape index (κ1) is 32.3. The highest BCUT2D eigenvalue weighted by molar-refractivity contribution is 5.43. The molecule has 0 aliphatic heterocycles. The van der Waals surface area contributed by atoms with Gasteiger partial charge in [0.15, 0.2) is 0 Å². The monoisotopic (exact) mass is 597 g/mol. The van der Waals surface area contributed by atoms with Gasteiger partial charge in [0.2, 0.25) is 0 Å². The van der Waals surface area contributed by atoms with E-state index in [-0.39, 0.29) is 27.2 Å². The lowest BCUT2D eigenvalue weighted by Crippen LogP contribution is -2.60. The maximum absolute atomic E-state index is 7.63. The van der Waals surface area contributed by atoms with Gasteiger partial charge >= 0.3 is 0 Å². The molecule has 4 aliphatic rings. The Morgan fingerprint density at radius 2 is 1.09 bits per heavy atom. The van der Waals surface area contributed by atoms with Crippen LogP contribution in [-0.2, 0) is 23.7 Å². The van der Waals surface area contributed by atoms with Crippen molar-refractivity contribution in [1.82, 2.24) is 0 Å². The molecule has 2 aromatic rings. The van der Waals surface area contributed by atoms with Gasteiger partial charge < -0.3 is 11.5 Å². The standard InChI is InChI=1S/C42H64N2/c1-28(2)30-11-15-34-32(23-30)13-17-36-38(5,19-9-21-40(34,36)7)25-42(44,27-43)26-39(6)20-10-22-41(8)35-16-12-31(29(3)4)24-33(35)14-18-37(39)41/h11-12,15-16,23-24,28-29,36-37H,9-10,13-14,17-22,25-27,43-44H2,1-8H3/t36-,37-,38+,39+,40+,41+/m0/s1. The first-order valence-corrected chi connectivity index (χ1v) is 18.4. The molecule has 2 aromatic carbocycles. The van der Waals surface area contributed by atoms with Gasteiger partial charge in [-0.1, -0.05) is 105 Å². The SMILES string of the molecule is CC(C)c1ccc2c(c1)CC[C@H]1[C@@](C)(CC(N)(CN)C[C@@]3(C)CCC[C@]4(C)c5ccc(C(C)C)cc5CC[C@@H]34)CCC[C@]21C. The number of benzene rings is 2. The molecule has 4 aliphatic carbocycles. The third kappa shape index (κ3) is 5.23. The number of fused-ring (bicyclic) bond motifs is 6. The van der Waals surface area contributed by atoms with Crippen LogP contribution < -0.4 is 11.5 Å². The Labute approximate surface area is 270 Å². The first-order chi connectivity index (χ1) is 20.7. The summed E-state index contributed by atoms with van der Waals surface area (Å²) in [6.07, 6.45) is 14.9. The van der Waals surface area contributed by atoms with Crippen molar-refractivity contribution in [2.75, 3.05) is 6.54 Å². The van der Waals surface area contributed by atoms with Crippen LogP contribution in [-0.4, -0.2) is 12.1 Å². The third-order valence-corrected chi connectivity index (χ3v) is 14.3. The van der Waals surface area contributed by atoms with Crippen LogP contribution in [0.2, 0.25) is 0 Å². The molecule has 6 rings (SSSR count). The number of nitrogens with two attached hydrogens (primary N) is 2. The Morgan fingerprint density at radius 3 is 1.45 bits per heavy atom. The van der Waals surface area contributed by atoms with Crippen LogP contribution in [0.4, 0.5) is 0 Å². The van der Waals surface area contributed by atoms with Crippen LogP contribution in [0.1, 0.15) is 165 Å². The van der Waals surface area contributed by atoms with Gasteiger partial charge in [-0.05, 0) is 143 Å². The number of aryl methyl sites for hydroxylation is 2. The molecular formula is C42H64N2. The van der Waals surface area contributed by atoms with Crippen molar-refractivity contribution in [3.8, 4) is 0 Å². The zero-order valence-corrected chi connectivity index (χ0v) is 29.6. The fourth-order valence-electron chi connectivity index (χ4n) is 12.2. The minimum absolute atomic E-state index is 0.219. The molecule has 0 spiro atoms. The van der Waals surface area contributed by atoms with E-state index in [1.54, 1.807) is 22.3 Å². The van der Waals surface area contributed by atoms with Gasteiger partial charge in [0.1, 0.15) is 0 Å². The summed E-state index contributed by atoms with van der Waals surface area (Å²) in [5.41, 5.74) is 24.5. The molecule has 44 heavy (non-hydrogen) atoms. The first-order valence-electron chi connectivity index (χ1n) is 18.4. The Morgan fingerprint density at radius 1 is 0.682 bits per heavy atom. The lowest BCUT2D eigenvalue weighted by molar-refractivity contribution is -0.0301. The molecule has 2 saturated carbocycles. The summed E-state index contributed by atoms with van der Waals surface area (Å²) in [6.45, 7) is 20.3. The summed E-state index contributed by atoms with van der Waals surface area (Å²) in [4.78, 5) is 0. The number of hydrogen-bond donors (Lipinski definition) is 2.